The maximum absolute atomic E-state index is 3.82. The number of nitrogens with one attached hydrogen (secondary N) is 1. The van der Waals surface area contributed by atoms with Crippen molar-refractivity contribution in [2.24, 2.45) is 0 Å². The molecule has 0 bridgehead atoms. The van der Waals surface area contributed by atoms with Gasteiger partial charge in [-0.3, -0.25) is 0 Å². The van der Waals surface area contributed by atoms with E-state index in [-0.39, 0.29) is 30.4 Å². The quantitative estimate of drug-likeness (QED) is 0.498. The Morgan fingerprint density at radius 2 is 1.64 bits per heavy atom. The molecule has 3 rings (SSSR count). The summed E-state index contributed by atoms with van der Waals surface area (Å²) in [7, 11) is 0.417. The van der Waals surface area contributed by atoms with Gasteiger partial charge in [0.1, 0.15) is 0 Å². The van der Waals surface area contributed by atoms with Crippen LogP contribution in [0.25, 0.3) is 5.70 Å². The molecule has 0 aromatic heterocycles. The monoisotopic (exact) mass is 476 g/mol. The number of benzene rings is 1. The van der Waals surface area contributed by atoms with Gasteiger partial charge >= 0.3 is 135 Å². The minimum atomic E-state index is -0.642. The van der Waals surface area contributed by atoms with Crippen molar-refractivity contribution in [3.8, 4) is 0 Å². The minimum absolute atomic E-state index is 0. The van der Waals surface area contributed by atoms with Crippen LogP contribution >= 0.6 is 0 Å². The predicted molar refractivity (Wildman–Crippen MR) is 101 cm³/mol. The van der Waals surface area contributed by atoms with Gasteiger partial charge in [-0.15, -0.1) is 0 Å². The first-order valence-corrected chi connectivity index (χ1v) is 14.5. The second-order valence-corrected chi connectivity index (χ2v) is 11.8. The van der Waals surface area contributed by atoms with Gasteiger partial charge in [0.25, 0.3) is 0 Å². The maximum Gasteiger partial charge on any atom is 0.0135 e. The van der Waals surface area contributed by atoms with Crippen LogP contribution in [0.1, 0.15) is 48.4 Å². The zero-order valence-electron chi connectivity index (χ0n) is 16.2. The molecule has 1 unspecified atom stereocenters. The molecule has 2 aliphatic rings. The Kier molecular flexibility index (Phi) is 12.2. The number of fused-ring (bicyclic) bond motifs is 1. The summed E-state index contributed by atoms with van der Waals surface area (Å²) in [5.74, 6) is 0. The average Bonchev–Trinajstić information content (AvgIpc) is 3.13. The van der Waals surface area contributed by atoms with Gasteiger partial charge in [-0.05, 0) is 0 Å². The summed E-state index contributed by atoms with van der Waals surface area (Å²) in [6.07, 6.45) is 5.26. The van der Waals surface area contributed by atoms with Crippen LogP contribution in [0.3, 0.4) is 0 Å². The van der Waals surface area contributed by atoms with Crippen molar-refractivity contribution in [1.29, 1.82) is 0 Å². The maximum atomic E-state index is 3.82. The van der Waals surface area contributed by atoms with Crippen molar-refractivity contribution in [2.45, 2.75) is 55.9 Å². The summed E-state index contributed by atoms with van der Waals surface area (Å²) >= 11 is -0.642. The van der Waals surface area contributed by atoms with Gasteiger partial charge in [0, 0.05) is 9.52 Å². The van der Waals surface area contributed by atoms with E-state index in [1.165, 1.54) is 37.2 Å². The minimum Gasteiger partial charge on any atom is -1.00 e. The molecule has 2 nitrogen and oxygen atoms in total. The number of halogens is 2. The van der Waals surface area contributed by atoms with E-state index >= 15 is 0 Å². The van der Waals surface area contributed by atoms with E-state index in [1.807, 2.05) is 0 Å². The van der Waals surface area contributed by atoms with Crippen LogP contribution in [0.15, 0.2) is 30.3 Å². The van der Waals surface area contributed by atoms with Gasteiger partial charge in [0.15, 0.2) is 0 Å². The van der Waals surface area contributed by atoms with Crippen LogP contribution in [0.4, 0.5) is 0 Å². The SMILES string of the molecule is CC(C)(C)[NH][Zr+2][CH]1C=C(N2CCCC2)c2ccccc21.C[SiH2]C.[Cl-].[Cl-]. The van der Waals surface area contributed by atoms with Crippen LogP contribution in [-0.4, -0.2) is 33.0 Å². The number of likely N-dealkylation sites (tertiary alicyclic amines) is 1. The van der Waals surface area contributed by atoms with Gasteiger partial charge in [-0.25, -0.2) is 0 Å². The van der Waals surface area contributed by atoms with Crippen LogP contribution in [-0.2, 0) is 23.5 Å². The molecule has 1 heterocycles. The van der Waals surface area contributed by atoms with Gasteiger partial charge in [-0.1, -0.05) is 13.1 Å². The topological polar surface area (TPSA) is 15.3 Å². The molecule has 1 atom stereocenters. The Morgan fingerprint density at radius 1 is 1.08 bits per heavy atom. The molecule has 0 amide bonds. The standard InChI is InChI=1S/C13H14N.C4H10N.C2H8Si.2ClH.Zr/c1-2-6-12-11(5-1)7-8-13(12)14-9-3-4-10-14;1-4(2,3)5;1-3-2;;;/h1-2,5-8H,3-4,9-10H2;5H,1-3H3;3H2,1-2H3;2*1H;/q;-1;;;;+3/p-2. The third kappa shape index (κ3) is 7.50. The van der Waals surface area contributed by atoms with E-state index in [1.54, 1.807) is 5.56 Å². The van der Waals surface area contributed by atoms with Gasteiger partial charge in [0.05, 0.1) is 0 Å². The van der Waals surface area contributed by atoms with Crippen LogP contribution < -0.4 is 28.1 Å². The fourth-order valence-corrected chi connectivity index (χ4v) is 6.03. The Labute approximate surface area is 181 Å². The normalized spacial score (nSPS) is 18.0. The fraction of sp³-hybridized carbons (Fsp3) is 0.579. The number of hydrogen-bond acceptors (Lipinski definition) is 2. The Hall–Kier alpha value is 0.400. The van der Waals surface area contributed by atoms with Crippen molar-refractivity contribution >= 4 is 15.2 Å². The predicted octanol–water partition coefficient (Wildman–Crippen LogP) is -2.18. The molecule has 6 heteroatoms. The van der Waals surface area contributed by atoms with Crippen molar-refractivity contribution in [3.63, 3.8) is 0 Å². The number of rotatable bonds is 3. The van der Waals surface area contributed by atoms with Crippen molar-refractivity contribution < 1.29 is 48.3 Å². The summed E-state index contributed by atoms with van der Waals surface area (Å²) in [6, 6.07) is 9.04. The fourth-order valence-electron chi connectivity index (χ4n) is 2.99. The molecular weight excluding hydrogens is 446 g/mol. The third-order valence-electron chi connectivity index (χ3n) is 3.95. The van der Waals surface area contributed by atoms with E-state index < -0.39 is 23.5 Å². The summed E-state index contributed by atoms with van der Waals surface area (Å²) in [5.41, 5.74) is 4.83. The first-order valence-electron chi connectivity index (χ1n) is 9.05. The number of nitrogens with zero attached hydrogens (tertiary/aromatic N) is 1. The molecule has 1 aliphatic carbocycles. The molecule has 1 saturated heterocycles. The molecule has 1 aliphatic heterocycles. The molecule has 1 N–H and O–H groups in total. The van der Waals surface area contributed by atoms with E-state index in [0.717, 1.165) is 0 Å². The van der Waals surface area contributed by atoms with Gasteiger partial charge in [-0.2, -0.15) is 0 Å². The van der Waals surface area contributed by atoms with E-state index in [4.69, 9.17) is 0 Å². The second-order valence-electron chi connectivity index (χ2n) is 7.54. The molecular formula is C19H32Cl2N2SiZr. The average molecular weight is 479 g/mol. The van der Waals surface area contributed by atoms with E-state index in [9.17, 15) is 0 Å². The third-order valence-corrected chi connectivity index (χ3v) is 8.08. The molecule has 0 radical (unpaired) electrons. The molecule has 140 valence electrons. The summed E-state index contributed by atoms with van der Waals surface area (Å²) in [4.78, 5) is 2.59. The van der Waals surface area contributed by atoms with Crippen molar-refractivity contribution in [1.82, 2.24) is 8.16 Å². The number of allylic oxidation sites excluding steroid dienone is 1. The van der Waals surface area contributed by atoms with Crippen molar-refractivity contribution in [2.75, 3.05) is 13.1 Å². The smallest absolute Gasteiger partial charge is 0.0135 e. The Bertz CT molecular complexity index is 540. The zero-order chi connectivity index (χ0) is 16.9. The van der Waals surface area contributed by atoms with Crippen LogP contribution in [0.2, 0.25) is 13.1 Å². The molecule has 25 heavy (non-hydrogen) atoms. The van der Waals surface area contributed by atoms with E-state index in [2.05, 4.69) is 72.4 Å². The zero-order valence-corrected chi connectivity index (χ0v) is 21.6. The van der Waals surface area contributed by atoms with Crippen LogP contribution in [0.5, 0.6) is 0 Å². The summed E-state index contributed by atoms with van der Waals surface area (Å²) in [6.45, 7) is 13.8. The first-order chi connectivity index (χ1) is 11.0. The number of hydrogen-bond donors (Lipinski definition) is 1. The summed E-state index contributed by atoms with van der Waals surface area (Å²) in [5, 5.41) is 0. The summed E-state index contributed by atoms with van der Waals surface area (Å²) < 4.78 is 4.51. The van der Waals surface area contributed by atoms with Crippen molar-refractivity contribution in [3.05, 3.63) is 41.5 Å². The molecule has 1 fully saturated rings. The van der Waals surface area contributed by atoms with E-state index in [0.29, 0.717) is 13.1 Å². The van der Waals surface area contributed by atoms with Gasteiger partial charge < -0.3 is 24.8 Å². The van der Waals surface area contributed by atoms with Crippen LogP contribution in [0, 0.1) is 0 Å². The second kappa shape index (κ2) is 12.0. The Balaban J connectivity index is 0.00000108. The Morgan fingerprint density at radius 3 is 2.20 bits per heavy atom. The molecule has 0 spiro atoms. The largest absolute Gasteiger partial charge is 1.00 e. The first kappa shape index (κ1) is 25.4. The molecule has 1 aromatic rings. The molecule has 1 aromatic carbocycles. The molecule has 0 saturated carbocycles. The van der Waals surface area contributed by atoms with Gasteiger partial charge in [0.2, 0.25) is 0 Å².